The van der Waals surface area contributed by atoms with Gasteiger partial charge in [-0.3, -0.25) is 9.59 Å². The number of fused-ring (bicyclic) bond motifs is 1. The van der Waals surface area contributed by atoms with Gasteiger partial charge in [0.05, 0.1) is 12.8 Å². The summed E-state index contributed by atoms with van der Waals surface area (Å²) < 4.78 is 12.5. The Morgan fingerprint density at radius 2 is 1.90 bits per heavy atom. The van der Waals surface area contributed by atoms with Gasteiger partial charge >= 0.3 is 0 Å². The summed E-state index contributed by atoms with van der Waals surface area (Å²) in [6.45, 7) is 1.37. The second-order valence-electron chi connectivity index (χ2n) is 6.46. The Morgan fingerprint density at radius 3 is 2.60 bits per heavy atom. The molecule has 7 nitrogen and oxygen atoms in total. The van der Waals surface area contributed by atoms with Crippen molar-refractivity contribution >= 4 is 38.9 Å². The quantitative estimate of drug-likeness (QED) is 0.447. The minimum atomic E-state index is -0.287. The Morgan fingerprint density at radius 1 is 1.13 bits per heavy atom. The summed E-state index contributed by atoms with van der Waals surface area (Å²) in [5.74, 6) is 0.679. The lowest BCUT2D eigenvalue weighted by Crippen LogP contribution is -2.21. The van der Waals surface area contributed by atoms with Gasteiger partial charge in [0.25, 0.3) is 5.56 Å². The Bertz CT molecular complexity index is 1300. The van der Waals surface area contributed by atoms with E-state index in [1.54, 1.807) is 30.3 Å². The Kier molecular flexibility index (Phi) is 5.52. The number of ether oxygens (including phenoxy) is 2. The summed E-state index contributed by atoms with van der Waals surface area (Å²) in [7, 11) is 1.48. The molecular weight excluding hydrogens is 426 g/mol. The van der Waals surface area contributed by atoms with E-state index in [9.17, 15) is 9.59 Å². The summed E-state index contributed by atoms with van der Waals surface area (Å²) in [5, 5.41) is 8.91. The first kappa shape index (κ1) is 20.1. The number of Topliss-reactive ketones (excluding diaryl/α,β-unsaturated/α-hetero) is 1. The van der Waals surface area contributed by atoms with Crippen LogP contribution in [0.2, 0.25) is 5.02 Å². The number of nitrogens with zero attached hydrogens (tertiary/aromatic N) is 3. The van der Waals surface area contributed by atoms with E-state index < -0.39 is 0 Å². The molecular formula is C21H16ClN3O4S. The molecule has 0 bridgehead atoms. The van der Waals surface area contributed by atoms with Crippen molar-refractivity contribution in [3.8, 4) is 27.6 Å². The van der Waals surface area contributed by atoms with Crippen molar-refractivity contribution < 1.29 is 14.3 Å². The average molecular weight is 442 g/mol. The van der Waals surface area contributed by atoms with E-state index in [1.165, 1.54) is 30.1 Å². The highest BCUT2D eigenvalue weighted by molar-refractivity contribution is 7.22. The fourth-order valence-corrected chi connectivity index (χ4v) is 4.00. The van der Waals surface area contributed by atoms with Crippen molar-refractivity contribution in [3.63, 3.8) is 0 Å². The van der Waals surface area contributed by atoms with Crippen LogP contribution in [-0.4, -0.2) is 34.5 Å². The third kappa shape index (κ3) is 3.92. The Labute approximate surface area is 180 Å². The number of thiophene rings is 1. The number of carbonyl (C=O) groups excluding carboxylic acids is 1. The highest BCUT2D eigenvalue weighted by Gasteiger charge is 2.15. The fourth-order valence-electron chi connectivity index (χ4n) is 2.85. The molecule has 152 valence electrons. The van der Waals surface area contributed by atoms with Crippen molar-refractivity contribution in [2.45, 2.75) is 6.92 Å². The second kappa shape index (κ2) is 8.25. The molecule has 0 aliphatic carbocycles. The molecule has 2 heterocycles. The number of ketones is 1. The molecule has 0 fully saturated rings. The summed E-state index contributed by atoms with van der Waals surface area (Å²) >= 11 is 7.30. The maximum Gasteiger partial charge on any atom is 0.292 e. The van der Waals surface area contributed by atoms with Crippen molar-refractivity contribution in [1.82, 2.24) is 15.0 Å². The van der Waals surface area contributed by atoms with E-state index >= 15 is 0 Å². The largest absolute Gasteiger partial charge is 0.493 e. The second-order valence-corrected chi connectivity index (χ2v) is 7.95. The predicted molar refractivity (Wildman–Crippen MR) is 116 cm³/mol. The van der Waals surface area contributed by atoms with Crippen LogP contribution >= 0.6 is 22.9 Å². The fraction of sp³-hybridized carbons (Fsp3) is 0.143. The van der Waals surface area contributed by atoms with Crippen LogP contribution in [0.3, 0.4) is 0 Å². The smallest absolute Gasteiger partial charge is 0.292 e. The highest BCUT2D eigenvalue weighted by atomic mass is 35.5. The van der Waals surface area contributed by atoms with E-state index in [-0.39, 0.29) is 17.9 Å². The van der Waals surface area contributed by atoms with Crippen molar-refractivity contribution in [3.05, 3.63) is 63.9 Å². The van der Waals surface area contributed by atoms with E-state index in [1.807, 2.05) is 18.2 Å². The zero-order valence-corrected chi connectivity index (χ0v) is 17.7. The lowest BCUT2D eigenvalue weighted by molar-refractivity contribution is -0.118. The highest BCUT2D eigenvalue weighted by Crippen LogP contribution is 2.32. The first-order chi connectivity index (χ1) is 14.5. The molecule has 0 N–H and O–H groups in total. The standard InChI is InChI=1S/C21H16ClN3O4S/c1-12(26)11-29-17-8-7-15(9-18(17)28-2)25-21(27)20-16(23-24-25)10-19(30-20)13-3-5-14(22)6-4-13/h3-10H,11H2,1-2H3. The minimum absolute atomic E-state index is 0.0654. The third-order valence-corrected chi connectivity index (χ3v) is 5.71. The number of benzene rings is 2. The van der Waals surface area contributed by atoms with Gasteiger partial charge in [-0.15, -0.1) is 16.4 Å². The molecule has 0 aliphatic rings. The summed E-state index contributed by atoms with van der Waals surface area (Å²) in [5.41, 5.74) is 1.66. The molecule has 0 radical (unpaired) electrons. The third-order valence-electron chi connectivity index (χ3n) is 4.29. The molecule has 9 heteroatoms. The molecule has 0 unspecified atom stereocenters. The number of halogens is 1. The normalized spacial score (nSPS) is 10.9. The number of hydrogen-bond donors (Lipinski definition) is 0. The van der Waals surface area contributed by atoms with Crippen molar-refractivity contribution in [2.75, 3.05) is 13.7 Å². The van der Waals surface area contributed by atoms with E-state index in [4.69, 9.17) is 21.1 Å². The van der Waals surface area contributed by atoms with Gasteiger partial charge in [0.15, 0.2) is 17.3 Å². The summed E-state index contributed by atoms with van der Waals surface area (Å²) in [4.78, 5) is 25.1. The molecule has 2 aromatic carbocycles. The molecule has 0 saturated heterocycles. The maximum absolute atomic E-state index is 13.1. The van der Waals surface area contributed by atoms with Gasteiger partial charge in [-0.25, -0.2) is 0 Å². The number of methoxy groups -OCH3 is 1. The number of rotatable bonds is 6. The maximum atomic E-state index is 13.1. The Balaban J connectivity index is 1.74. The van der Waals surface area contributed by atoms with Gasteiger partial charge in [0.1, 0.15) is 16.8 Å². The van der Waals surface area contributed by atoms with Gasteiger partial charge in [-0.05, 0) is 42.8 Å². The first-order valence-corrected chi connectivity index (χ1v) is 10.1. The number of carbonyl (C=O) groups is 1. The minimum Gasteiger partial charge on any atom is -0.493 e. The predicted octanol–water partition coefficient (Wildman–Crippen LogP) is 4.14. The van der Waals surface area contributed by atoms with E-state index in [2.05, 4.69) is 10.3 Å². The SMILES string of the molecule is COc1cc(-n2nnc3cc(-c4ccc(Cl)cc4)sc3c2=O)ccc1OCC(C)=O. The number of aromatic nitrogens is 3. The van der Waals surface area contributed by atoms with Gasteiger partial charge < -0.3 is 9.47 Å². The van der Waals surface area contributed by atoms with Gasteiger partial charge in [0, 0.05) is 16.0 Å². The van der Waals surface area contributed by atoms with E-state index in [0.717, 1.165) is 10.4 Å². The topological polar surface area (TPSA) is 83.3 Å². The summed E-state index contributed by atoms with van der Waals surface area (Å²) in [6.07, 6.45) is 0. The van der Waals surface area contributed by atoms with Crippen LogP contribution in [-0.2, 0) is 4.79 Å². The van der Waals surface area contributed by atoms with Crippen LogP contribution in [0.25, 0.3) is 26.3 Å². The molecule has 30 heavy (non-hydrogen) atoms. The average Bonchev–Trinajstić information content (AvgIpc) is 3.18. The van der Waals surface area contributed by atoms with Crippen LogP contribution in [0.5, 0.6) is 11.5 Å². The van der Waals surface area contributed by atoms with Gasteiger partial charge in [0.2, 0.25) is 0 Å². The molecule has 0 atom stereocenters. The van der Waals surface area contributed by atoms with Crippen LogP contribution in [0.15, 0.2) is 53.3 Å². The van der Waals surface area contributed by atoms with Crippen LogP contribution in [0, 0.1) is 0 Å². The molecule has 0 saturated carbocycles. The van der Waals surface area contributed by atoms with Crippen LogP contribution in [0.4, 0.5) is 0 Å². The number of hydrogen-bond acceptors (Lipinski definition) is 7. The lowest BCUT2D eigenvalue weighted by atomic mass is 10.2. The van der Waals surface area contributed by atoms with Crippen LogP contribution in [0.1, 0.15) is 6.92 Å². The monoisotopic (exact) mass is 441 g/mol. The van der Waals surface area contributed by atoms with Gasteiger partial charge in [-0.1, -0.05) is 28.9 Å². The van der Waals surface area contributed by atoms with Crippen molar-refractivity contribution in [2.24, 2.45) is 0 Å². The lowest BCUT2D eigenvalue weighted by Gasteiger charge is -2.11. The molecule has 0 amide bonds. The first-order valence-electron chi connectivity index (χ1n) is 8.92. The zero-order valence-electron chi connectivity index (χ0n) is 16.1. The summed E-state index contributed by atoms with van der Waals surface area (Å²) in [6, 6.07) is 14.1. The molecule has 4 aromatic rings. The van der Waals surface area contributed by atoms with Crippen LogP contribution < -0.4 is 15.0 Å². The molecule has 0 spiro atoms. The molecule has 2 aromatic heterocycles. The Hall–Kier alpha value is -3.23. The zero-order chi connectivity index (χ0) is 21.3. The molecule has 4 rings (SSSR count). The van der Waals surface area contributed by atoms with E-state index in [0.29, 0.717) is 32.4 Å². The molecule has 0 aliphatic heterocycles. The van der Waals surface area contributed by atoms with Crippen molar-refractivity contribution in [1.29, 1.82) is 0 Å². The van der Waals surface area contributed by atoms with Gasteiger partial charge in [-0.2, -0.15) is 4.68 Å².